The molecule has 0 heterocycles. The molecule has 3 rings (SSSR count). The van der Waals surface area contributed by atoms with Crippen LogP contribution in [0.25, 0.3) is 0 Å². The summed E-state index contributed by atoms with van der Waals surface area (Å²) in [6.07, 6.45) is 4.54. The summed E-state index contributed by atoms with van der Waals surface area (Å²) in [7, 11) is 1.55. The molecule has 0 atom stereocenters. The predicted molar refractivity (Wildman–Crippen MR) is 104 cm³/mol. The number of anilines is 1. The third-order valence-electron chi connectivity index (χ3n) is 5.00. The molecule has 0 saturated heterocycles. The highest BCUT2D eigenvalue weighted by Gasteiger charge is 2.21. The van der Waals surface area contributed by atoms with Gasteiger partial charge in [-0.15, -0.1) is 0 Å². The molecule has 2 aromatic rings. The van der Waals surface area contributed by atoms with Gasteiger partial charge < -0.3 is 21.1 Å². The molecule has 1 saturated carbocycles. The third-order valence-corrected chi connectivity index (χ3v) is 5.00. The Labute approximate surface area is 154 Å². The van der Waals surface area contributed by atoms with E-state index in [9.17, 15) is 4.79 Å². The van der Waals surface area contributed by atoms with Gasteiger partial charge >= 0.3 is 0 Å². The Balaban J connectivity index is 1.48. The minimum absolute atomic E-state index is 0.409. The zero-order valence-electron chi connectivity index (χ0n) is 15.2. The molecule has 26 heavy (non-hydrogen) atoms. The lowest BCUT2D eigenvalue weighted by molar-refractivity contribution is 0.0997. The number of nitrogens with two attached hydrogens (primary N) is 1. The number of hydrogen-bond acceptors (Lipinski definition) is 4. The standard InChI is InChI=1S/C21H27N3O2/c1-26-20-13-18(11-12-19(20)21(22)25)24-17-9-7-16(8-10-17)23-14-15-5-3-2-4-6-15/h2-6,11-13,16-17,23-24H,7-10,14H2,1H3,(H2,22,25). The van der Waals surface area contributed by atoms with Gasteiger partial charge in [-0.3, -0.25) is 4.79 Å². The summed E-state index contributed by atoms with van der Waals surface area (Å²) in [5, 5.41) is 7.22. The van der Waals surface area contributed by atoms with Gasteiger partial charge in [0.25, 0.3) is 5.91 Å². The molecule has 1 fully saturated rings. The van der Waals surface area contributed by atoms with E-state index in [0.29, 0.717) is 23.4 Å². The Morgan fingerprint density at radius 2 is 1.77 bits per heavy atom. The molecule has 138 valence electrons. The minimum Gasteiger partial charge on any atom is -0.496 e. The highest BCUT2D eigenvalue weighted by molar-refractivity contribution is 5.96. The van der Waals surface area contributed by atoms with Crippen LogP contribution in [0.1, 0.15) is 41.6 Å². The van der Waals surface area contributed by atoms with Crippen LogP contribution in [0.5, 0.6) is 5.75 Å². The molecule has 0 radical (unpaired) electrons. The fourth-order valence-corrected chi connectivity index (χ4v) is 3.52. The minimum atomic E-state index is -0.474. The Bertz CT molecular complexity index is 725. The molecule has 4 N–H and O–H groups in total. The Hall–Kier alpha value is -2.53. The van der Waals surface area contributed by atoms with Gasteiger partial charge in [0.2, 0.25) is 0 Å². The number of methoxy groups -OCH3 is 1. The maximum atomic E-state index is 11.4. The first-order valence-electron chi connectivity index (χ1n) is 9.17. The number of hydrogen-bond donors (Lipinski definition) is 3. The van der Waals surface area contributed by atoms with E-state index >= 15 is 0 Å². The zero-order chi connectivity index (χ0) is 18.4. The van der Waals surface area contributed by atoms with Crippen molar-refractivity contribution in [3.05, 3.63) is 59.7 Å². The fourth-order valence-electron chi connectivity index (χ4n) is 3.52. The summed E-state index contributed by atoms with van der Waals surface area (Å²) in [6.45, 7) is 0.926. The monoisotopic (exact) mass is 353 g/mol. The molecule has 5 heteroatoms. The zero-order valence-corrected chi connectivity index (χ0v) is 15.2. The van der Waals surface area contributed by atoms with E-state index in [1.165, 1.54) is 5.56 Å². The Morgan fingerprint density at radius 3 is 2.42 bits per heavy atom. The average molecular weight is 353 g/mol. The van der Waals surface area contributed by atoms with Crippen molar-refractivity contribution in [2.75, 3.05) is 12.4 Å². The first kappa shape index (κ1) is 18.3. The second kappa shape index (κ2) is 8.72. The highest BCUT2D eigenvalue weighted by Crippen LogP contribution is 2.27. The van der Waals surface area contributed by atoms with Gasteiger partial charge in [-0.2, -0.15) is 0 Å². The molecular weight excluding hydrogens is 326 g/mol. The summed E-state index contributed by atoms with van der Waals surface area (Å²) >= 11 is 0. The number of carbonyl (C=O) groups is 1. The molecule has 1 aliphatic rings. The molecule has 1 aliphatic carbocycles. The van der Waals surface area contributed by atoms with Crippen molar-refractivity contribution >= 4 is 11.6 Å². The number of benzene rings is 2. The average Bonchev–Trinajstić information content (AvgIpc) is 2.68. The molecule has 5 nitrogen and oxygen atoms in total. The van der Waals surface area contributed by atoms with E-state index in [1.807, 2.05) is 18.2 Å². The lowest BCUT2D eigenvalue weighted by Gasteiger charge is -2.30. The SMILES string of the molecule is COc1cc(NC2CCC(NCc3ccccc3)CC2)ccc1C(N)=O. The quantitative estimate of drug-likeness (QED) is 0.714. The highest BCUT2D eigenvalue weighted by atomic mass is 16.5. The van der Waals surface area contributed by atoms with Crippen molar-refractivity contribution in [1.29, 1.82) is 0 Å². The molecule has 0 aliphatic heterocycles. The number of nitrogens with one attached hydrogen (secondary N) is 2. The number of primary amides is 1. The van der Waals surface area contributed by atoms with Crippen LogP contribution in [0.3, 0.4) is 0 Å². The third kappa shape index (κ3) is 4.76. The van der Waals surface area contributed by atoms with Crippen molar-refractivity contribution in [3.63, 3.8) is 0 Å². The fraction of sp³-hybridized carbons (Fsp3) is 0.381. The molecular formula is C21H27N3O2. The molecule has 1 amide bonds. The largest absolute Gasteiger partial charge is 0.496 e. The van der Waals surface area contributed by atoms with Crippen LogP contribution < -0.4 is 21.1 Å². The van der Waals surface area contributed by atoms with Crippen LogP contribution in [0.4, 0.5) is 5.69 Å². The summed E-state index contributed by atoms with van der Waals surface area (Å²) in [5.74, 6) is 0.0408. The van der Waals surface area contributed by atoms with Gasteiger partial charge in [0.05, 0.1) is 12.7 Å². The van der Waals surface area contributed by atoms with E-state index in [-0.39, 0.29) is 0 Å². The van der Waals surface area contributed by atoms with Crippen LogP contribution in [-0.4, -0.2) is 25.1 Å². The van der Waals surface area contributed by atoms with Crippen molar-refractivity contribution < 1.29 is 9.53 Å². The first-order chi connectivity index (χ1) is 12.7. The second-order valence-electron chi connectivity index (χ2n) is 6.84. The molecule has 0 unspecified atom stereocenters. The van der Waals surface area contributed by atoms with Crippen molar-refractivity contribution in [1.82, 2.24) is 5.32 Å². The van der Waals surface area contributed by atoms with Crippen LogP contribution >= 0.6 is 0 Å². The van der Waals surface area contributed by atoms with E-state index in [4.69, 9.17) is 10.5 Å². The maximum Gasteiger partial charge on any atom is 0.252 e. The van der Waals surface area contributed by atoms with Crippen LogP contribution in [0, 0.1) is 0 Å². The lowest BCUT2D eigenvalue weighted by atomic mass is 9.90. The predicted octanol–water partition coefficient (Wildman–Crippen LogP) is 3.31. The number of carbonyl (C=O) groups excluding carboxylic acids is 1. The van der Waals surface area contributed by atoms with E-state index in [1.54, 1.807) is 13.2 Å². The van der Waals surface area contributed by atoms with Gasteiger partial charge in [-0.25, -0.2) is 0 Å². The van der Waals surface area contributed by atoms with Crippen molar-refractivity contribution in [3.8, 4) is 5.75 Å². The lowest BCUT2D eigenvalue weighted by Crippen LogP contribution is -2.36. The second-order valence-corrected chi connectivity index (χ2v) is 6.84. The Kier molecular flexibility index (Phi) is 6.12. The van der Waals surface area contributed by atoms with Crippen molar-refractivity contribution in [2.24, 2.45) is 5.73 Å². The van der Waals surface area contributed by atoms with Gasteiger partial charge in [-0.1, -0.05) is 30.3 Å². The normalized spacial score (nSPS) is 19.7. The van der Waals surface area contributed by atoms with Crippen LogP contribution in [-0.2, 0) is 6.54 Å². The maximum absolute atomic E-state index is 11.4. The van der Waals surface area contributed by atoms with E-state index in [2.05, 4.69) is 34.9 Å². The van der Waals surface area contributed by atoms with Gasteiger partial charge in [0.1, 0.15) is 5.75 Å². The van der Waals surface area contributed by atoms with Gasteiger partial charge in [-0.05, 0) is 43.4 Å². The van der Waals surface area contributed by atoms with Gasteiger partial charge in [0, 0.05) is 30.4 Å². The van der Waals surface area contributed by atoms with Crippen molar-refractivity contribution in [2.45, 2.75) is 44.3 Å². The molecule has 0 aromatic heterocycles. The summed E-state index contributed by atoms with van der Waals surface area (Å²) in [4.78, 5) is 11.4. The summed E-state index contributed by atoms with van der Waals surface area (Å²) < 4.78 is 5.28. The van der Waals surface area contributed by atoms with Crippen LogP contribution in [0.15, 0.2) is 48.5 Å². The summed E-state index contributed by atoms with van der Waals surface area (Å²) in [5.41, 5.74) is 8.07. The van der Waals surface area contributed by atoms with Gasteiger partial charge in [0.15, 0.2) is 0 Å². The summed E-state index contributed by atoms with van der Waals surface area (Å²) in [6, 6.07) is 17.0. The Morgan fingerprint density at radius 1 is 1.08 bits per heavy atom. The molecule has 0 bridgehead atoms. The number of rotatable bonds is 7. The topological polar surface area (TPSA) is 76.4 Å². The van der Waals surface area contributed by atoms with Crippen LogP contribution in [0.2, 0.25) is 0 Å². The first-order valence-corrected chi connectivity index (χ1v) is 9.17. The van der Waals surface area contributed by atoms with E-state index in [0.717, 1.165) is 37.9 Å². The molecule has 2 aromatic carbocycles. The number of ether oxygens (including phenoxy) is 1. The smallest absolute Gasteiger partial charge is 0.252 e. The molecule has 0 spiro atoms. The van der Waals surface area contributed by atoms with E-state index < -0.39 is 5.91 Å². The number of amides is 1.